The van der Waals surface area contributed by atoms with Gasteiger partial charge < -0.3 is 35.3 Å². The first kappa shape index (κ1) is 51.0. The quantitative estimate of drug-likeness (QED) is 0.0716. The van der Waals surface area contributed by atoms with Crippen molar-refractivity contribution in [2.75, 3.05) is 25.0 Å². The monoisotopic (exact) mass is 984 g/mol. The summed E-state index contributed by atoms with van der Waals surface area (Å²) in [5.41, 5.74) is 7.41. The SMILES string of the molecule is CC1=CC(=O)C=C(O)C1=NN=c1[n-]cc([N+](=O)[O-])s1.CC1=CC(=O)C=C(O)C1=NN=c1[n-]cc([N+](=O)[O-])s1.CCN(CC)c1ccc(/C=C/C2=[N+](C)c3ccc(Cl)cc3C2(C)C)cc1.[Co]. The molecule has 0 spiro atoms. The van der Waals surface area contributed by atoms with E-state index in [1.54, 1.807) is 13.8 Å². The van der Waals surface area contributed by atoms with Crippen molar-refractivity contribution in [3.63, 3.8) is 0 Å². The van der Waals surface area contributed by atoms with Crippen molar-refractivity contribution in [3.05, 3.63) is 154 Å². The molecule has 1 aliphatic heterocycles. The molecule has 2 aromatic heterocycles. The second kappa shape index (κ2) is 22.3. The fraction of sp³-hybridized carbons (Fsp3) is 0.233. The van der Waals surface area contributed by atoms with Crippen LogP contribution in [0.4, 0.5) is 21.4 Å². The van der Waals surface area contributed by atoms with E-state index in [-0.39, 0.29) is 76.3 Å². The maximum absolute atomic E-state index is 11.1. The van der Waals surface area contributed by atoms with E-state index < -0.39 is 9.85 Å². The van der Waals surface area contributed by atoms with Gasteiger partial charge in [0.25, 0.3) is 0 Å². The van der Waals surface area contributed by atoms with E-state index in [9.17, 15) is 40.0 Å². The normalized spacial score (nSPS) is 17.0. The topological polar surface area (TPSA) is 245 Å². The van der Waals surface area contributed by atoms with Gasteiger partial charge in [0.05, 0.1) is 15.3 Å². The number of nitro groups is 2. The molecule has 0 atom stereocenters. The fourth-order valence-electron chi connectivity index (χ4n) is 6.55. The van der Waals surface area contributed by atoms with Crippen molar-refractivity contribution in [3.8, 4) is 0 Å². The van der Waals surface area contributed by atoms with Crippen LogP contribution < -0.4 is 24.5 Å². The maximum Gasteiger partial charge on any atom is 0.319 e. The number of benzene rings is 2. The van der Waals surface area contributed by atoms with Gasteiger partial charge in [-0.3, -0.25) is 40.0 Å². The number of hydrogen-bond donors (Lipinski definition) is 2. The molecule has 0 bridgehead atoms. The van der Waals surface area contributed by atoms with Crippen molar-refractivity contribution in [2.45, 2.75) is 47.0 Å². The summed E-state index contributed by atoms with van der Waals surface area (Å²) >= 11 is 7.76. The number of anilines is 1. The first-order valence-electron chi connectivity index (χ1n) is 19.3. The molecule has 2 aliphatic carbocycles. The second-order valence-corrected chi connectivity index (χ2v) is 16.8. The first-order chi connectivity index (χ1) is 30.3. The Morgan fingerprint density at radius 2 is 1.26 bits per heavy atom. The Hall–Kier alpha value is -6.65. The van der Waals surface area contributed by atoms with Crippen molar-refractivity contribution < 1.29 is 51.0 Å². The summed E-state index contributed by atoms with van der Waals surface area (Å²) in [5.74, 6) is -1.25. The third kappa shape index (κ3) is 12.8. The Balaban J connectivity index is 0.000000216. The van der Waals surface area contributed by atoms with Gasteiger partial charge in [0.2, 0.25) is 5.69 Å². The molecular formula is C43H42ClCoN10O8S2-. The van der Waals surface area contributed by atoms with Gasteiger partial charge in [-0.2, -0.15) is 4.58 Å². The van der Waals surface area contributed by atoms with Gasteiger partial charge in [-0.15, -0.1) is 0 Å². The van der Waals surface area contributed by atoms with Gasteiger partial charge in [-0.25, -0.2) is 0 Å². The van der Waals surface area contributed by atoms with Gasteiger partial charge in [0, 0.05) is 92.4 Å². The molecule has 0 fully saturated rings. The van der Waals surface area contributed by atoms with Crippen LogP contribution >= 0.6 is 34.3 Å². The minimum absolute atomic E-state index is 0. The summed E-state index contributed by atoms with van der Waals surface area (Å²) in [6, 6.07) is 15.0. The van der Waals surface area contributed by atoms with Crippen LogP contribution in [0.3, 0.4) is 0 Å². The number of ketones is 2. The Morgan fingerprint density at radius 3 is 1.68 bits per heavy atom. The molecule has 4 aromatic rings. The van der Waals surface area contributed by atoms with E-state index in [4.69, 9.17) is 11.6 Å². The number of thiazole rings is 2. The molecule has 18 nitrogen and oxygen atoms in total. The molecule has 0 amide bonds. The zero-order valence-corrected chi connectivity index (χ0v) is 39.3. The van der Waals surface area contributed by atoms with E-state index in [1.807, 2.05) is 6.07 Å². The number of nitrogens with zero attached hydrogens (tertiary/aromatic N) is 10. The minimum Gasteiger partial charge on any atom is -0.506 e. The van der Waals surface area contributed by atoms with Gasteiger partial charge >= 0.3 is 10.0 Å². The molecule has 1 radical (unpaired) electrons. The van der Waals surface area contributed by atoms with E-state index in [1.165, 1.54) is 40.4 Å². The van der Waals surface area contributed by atoms with E-state index in [0.29, 0.717) is 11.1 Å². The summed E-state index contributed by atoms with van der Waals surface area (Å²) in [7, 11) is 2.13. The van der Waals surface area contributed by atoms with Crippen molar-refractivity contribution in [1.29, 1.82) is 0 Å². The zero-order chi connectivity index (χ0) is 46.9. The number of aromatic nitrogens is 2. The average molecular weight is 985 g/mol. The predicted molar refractivity (Wildman–Crippen MR) is 248 cm³/mol. The van der Waals surface area contributed by atoms with Crippen LogP contribution in [0, 0.1) is 20.2 Å². The third-order valence-corrected chi connectivity index (χ3v) is 11.7. The molecule has 0 saturated heterocycles. The molecule has 3 aliphatic rings. The van der Waals surface area contributed by atoms with Gasteiger partial charge in [-0.05, 0) is 101 Å². The largest absolute Gasteiger partial charge is 0.506 e. The van der Waals surface area contributed by atoms with Crippen LogP contribution in [0.1, 0.15) is 52.7 Å². The Bertz CT molecular complexity index is 2740. The number of allylic oxidation sites excluding steroid dienone is 7. The number of aliphatic hydroxyl groups is 2. The minimum atomic E-state index is -0.578. The number of fused-ring (bicyclic) bond motifs is 1. The molecule has 341 valence electrons. The van der Waals surface area contributed by atoms with E-state index in [0.717, 1.165) is 65.3 Å². The second-order valence-electron chi connectivity index (χ2n) is 14.4. The van der Waals surface area contributed by atoms with Crippen molar-refractivity contribution in [2.24, 2.45) is 20.4 Å². The standard InChI is InChI=1S/C23H28ClN2.2C10H8N4O4S.Co/c1-6-26(7-2)19-12-8-17(9-13-19)10-15-22-23(3,4)20-16-18(24)11-14-21(20)25(22)5;2*1-5-2-6(15)3-7(16)9(5)12-13-10-11-4-8(19-10)14(17)18;/h8-16H,6-7H2,1-5H3;2*2-4H,1H3,(H2,11,13,15,16);/q+1;;;/p-2. The maximum atomic E-state index is 11.1. The number of carbonyl (C=O) groups excluding carboxylic acids is 2. The number of aliphatic hydroxyl groups excluding tert-OH is 2. The summed E-state index contributed by atoms with van der Waals surface area (Å²) in [5, 5.41) is 55.4. The van der Waals surface area contributed by atoms with Crippen molar-refractivity contribution >= 4 is 90.4 Å². The molecule has 2 N–H and O–H groups in total. The molecule has 3 heterocycles. The van der Waals surface area contributed by atoms with Crippen molar-refractivity contribution in [1.82, 2.24) is 9.97 Å². The molecular weight excluding hydrogens is 943 g/mol. The smallest absolute Gasteiger partial charge is 0.319 e. The summed E-state index contributed by atoms with van der Waals surface area (Å²) in [6.07, 6.45) is 11.2. The van der Waals surface area contributed by atoms with E-state index in [2.05, 4.69) is 123 Å². The average Bonchev–Trinajstić information content (AvgIpc) is 3.96. The summed E-state index contributed by atoms with van der Waals surface area (Å²) in [4.78, 5) is 51.9. The van der Waals surface area contributed by atoms with Gasteiger partial charge in [0.1, 0.15) is 30.0 Å². The number of hydrogen-bond acceptors (Lipinski definition) is 15. The Labute approximate surface area is 395 Å². The van der Waals surface area contributed by atoms with Crippen LogP contribution in [0.2, 0.25) is 5.02 Å². The Morgan fingerprint density at radius 1 is 0.785 bits per heavy atom. The number of rotatable bonds is 9. The third-order valence-electron chi connectivity index (χ3n) is 9.75. The Kier molecular flexibility index (Phi) is 17.5. The van der Waals surface area contributed by atoms with E-state index >= 15 is 0 Å². The van der Waals surface area contributed by atoms with Crippen LogP contribution in [0.5, 0.6) is 0 Å². The van der Waals surface area contributed by atoms with Crippen LogP contribution in [-0.2, 0) is 31.8 Å². The fourth-order valence-corrected chi connectivity index (χ4v) is 7.83. The van der Waals surface area contributed by atoms with Gasteiger partial charge in [-0.1, -0.05) is 46.4 Å². The predicted octanol–water partition coefficient (Wildman–Crippen LogP) is 7.59. The molecule has 7 rings (SSSR count). The molecule has 2 aromatic carbocycles. The first-order valence-corrected chi connectivity index (χ1v) is 21.3. The number of halogens is 1. The molecule has 0 unspecified atom stereocenters. The zero-order valence-electron chi connectivity index (χ0n) is 35.9. The van der Waals surface area contributed by atoms with Gasteiger partial charge in [0.15, 0.2) is 17.3 Å². The molecule has 0 saturated carbocycles. The number of carbonyl (C=O) groups is 2. The summed E-state index contributed by atoms with van der Waals surface area (Å²) in [6.45, 7) is 14.2. The molecule has 65 heavy (non-hydrogen) atoms. The summed E-state index contributed by atoms with van der Waals surface area (Å²) < 4.78 is 2.27. The molecule has 22 heteroatoms. The van der Waals surface area contributed by atoms with Crippen LogP contribution in [0.25, 0.3) is 6.08 Å². The van der Waals surface area contributed by atoms with Crippen LogP contribution in [0.15, 0.2) is 128 Å². The van der Waals surface area contributed by atoms with Crippen LogP contribution in [-0.4, -0.2) is 73.5 Å².